The highest BCUT2D eigenvalue weighted by molar-refractivity contribution is 6.35. The van der Waals surface area contributed by atoms with E-state index in [2.05, 4.69) is 15.3 Å². The number of nitrogens with one attached hydrogen (secondary N) is 2. The lowest BCUT2D eigenvalue weighted by atomic mass is 10.3. The third-order valence-electron chi connectivity index (χ3n) is 2.39. The van der Waals surface area contributed by atoms with Crippen LogP contribution in [0.25, 0.3) is 11.0 Å². The minimum absolute atomic E-state index is 0.146. The van der Waals surface area contributed by atoms with Gasteiger partial charge in [0.25, 0.3) is 0 Å². The van der Waals surface area contributed by atoms with Crippen LogP contribution in [-0.4, -0.2) is 35.6 Å². The number of anilines is 1. The van der Waals surface area contributed by atoms with E-state index in [1.54, 1.807) is 12.1 Å². The van der Waals surface area contributed by atoms with Gasteiger partial charge in [-0.1, -0.05) is 17.7 Å². The molecule has 0 spiro atoms. The third kappa shape index (κ3) is 2.61. The lowest BCUT2D eigenvalue weighted by molar-refractivity contribution is -0.118. The Hall–Kier alpha value is -1.63. The van der Waals surface area contributed by atoms with E-state index in [1.165, 1.54) is 7.11 Å². The summed E-state index contributed by atoms with van der Waals surface area (Å²) >= 11 is 5.98. The van der Waals surface area contributed by atoms with Crippen LogP contribution >= 0.6 is 11.6 Å². The minimum atomic E-state index is -0.737. The Morgan fingerprint density at radius 1 is 1.67 bits per heavy atom. The van der Waals surface area contributed by atoms with E-state index in [4.69, 9.17) is 22.1 Å². The fourth-order valence-corrected chi connectivity index (χ4v) is 1.74. The van der Waals surface area contributed by atoms with Crippen molar-refractivity contribution in [3.8, 4) is 0 Å². The first kappa shape index (κ1) is 12.8. The van der Waals surface area contributed by atoms with Crippen LogP contribution in [0, 0.1) is 0 Å². The van der Waals surface area contributed by atoms with Crippen molar-refractivity contribution in [2.75, 3.05) is 19.0 Å². The second kappa shape index (κ2) is 5.34. The fraction of sp³-hybridized carbons (Fsp3) is 0.273. The predicted molar refractivity (Wildman–Crippen MR) is 69.6 cm³/mol. The zero-order chi connectivity index (χ0) is 13.1. The van der Waals surface area contributed by atoms with Crippen LogP contribution in [0.3, 0.4) is 0 Å². The quantitative estimate of drug-likeness (QED) is 0.775. The SMILES string of the molecule is COCC(N)C(=O)Nc1nc2c(Cl)cccc2[nH]1. The van der Waals surface area contributed by atoms with E-state index in [0.717, 1.165) is 5.52 Å². The number of rotatable bonds is 4. The summed E-state index contributed by atoms with van der Waals surface area (Å²) in [5.41, 5.74) is 6.95. The monoisotopic (exact) mass is 268 g/mol. The molecule has 0 radical (unpaired) electrons. The molecule has 7 heteroatoms. The maximum atomic E-state index is 11.7. The maximum absolute atomic E-state index is 11.7. The van der Waals surface area contributed by atoms with Gasteiger partial charge in [-0.15, -0.1) is 0 Å². The number of carbonyl (C=O) groups is 1. The van der Waals surface area contributed by atoms with Gasteiger partial charge in [0, 0.05) is 7.11 Å². The van der Waals surface area contributed by atoms with Crippen molar-refractivity contribution in [2.45, 2.75) is 6.04 Å². The van der Waals surface area contributed by atoms with Gasteiger partial charge in [-0.25, -0.2) is 4.98 Å². The molecule has 1 aromatic heterocycles. The van der Waals surface area contributed by atoms with Gasteiger partial charge in [-0.05, 0) is 12.1 Å². The summed E-state index contributed by atoms with van der Waals surface area (Å²) in [4.78, 5) is 18.8. The number of fused-ring (bicyclic) bond motifs is 1. The van der Waals surface area contributed by atoms with Crippen molar-refractivity contribution in [2.24, 2.45) is 5.73 Å². The molecule has 0 bridgehead atoms. The molecule has 0 aliphatic carbocycles. The first-order chi connectivity index (χ1) is 8.61. The lowest BCUT2D eigenvalue weighted by Gasteiger charge is -2.08. The number of aromatic nitrogens is 2. The van der Waals surface area contributed by atoms with Crippen LogP contribution in [0.4, 0.5) is 5.95 Å². The molecular formula is C11H13ClN4O2. The topological polar surface area (TPSA) is 93.0 Å². The van der Waals surface area contributed by atoms with Gasteiger partial charge in [0.05, 0.1) is 17.1 Å². The largest absolute Gasteiger partial charge is 0.383 e. The van der Waals surface area contributed by atoms with Crippen LogP contribution in [-0.2, 0) is 9.53 Å². The van der Waals surface area contributed by atoms with Crippen molar-refractivity contribution in [3.63, 3.8) is 0 Å². The van der Waals surface area contributed by atoms with Crippen molar-refractivity contribution in [3.05, 3.63) is 23.2 Å². The number of nitrogens with zero attached hydrogens (tertiary/aromatic N) is 1. The molecule has 2 aromatic rings. The molecule has 6 nitrogen and oxygen atoms in total. The van der Waals surface area contributed by atoms with Gasteiger partial charge in [0.1, 0.15) is 11.6 Å². The van der Waals surface area contributed by atoms with E-state index < -0.39 is 6.04 Å². The second-order valence-corrected chi connectivity index (χ2v) is 4.18. The lowest BCUT2D eigenvalue weighted by Crippen LogP contribution is -2.39. The molecule has 0 fully saturated rings. The number of H-pyrrole nitrogens is 1. The standard InChI is InChI=1S/C11H13ClN4O2/c1-18-5-7(13)10(17)16-11-14-8-4-2-3-6(12)9(8)15-11/h2-4,7H,5,13H2,1H3,(H2,14,15,16,17). The average Bonchev–Trinajstić information content (AvgIpc) is 2.73. The van der Waals surface area contributed by atoms with Crippen LogP contribution in [0.2, 0.25) is 5.02 Å². The molecule has 0 saturated heterocycles. The summed E-state index contributed by atoms with van der Waals surface area (Å²) < 4.78 is 4.80. The highest BCUT2D eigenvalue weighted by Crippen LogP contribution is 2.22. The highest BCUT2D eigenvalue weighted by atomic mass is 35.5. The molecule has 1 amide bonds. The van der Waals surface area contributed by atoms with Gasteiger partial charge >= 0.3 is 0 Å². The van der Waals surface area contributed by atoms with Crippen LogP contribution in [0.15, 0.2) is 18.2 Å². The summed E-state index contributed by atoms with van der Waals surface area (Å²) in [6.07, 6.45) is 0. The van der Waals surface area contributed by atoms with Gasteiger partial charge in [-0.2, -0.15) is 0 Å². The summed E-state index contributed by atoms with van der Waals surface area (Å²) in [6.45, 7) is 0.146. The Kier molecular flexibility index (Phi) is 3.81. The number of imidazole rings is 1. The molecule has 96 valence electrons. The van der Waals surface area contributed by atoms with Crippen molar-refractivity contribution in [1.29, 1.82) is 0 Å². The number of amides is 1. The molecule has 1 aromatic carbocycles. The molecular weight excluding hydrogens is 256 g/mol. The van der Waals surface area contributed by atoms with Crippen LogP contribution < -0.4 is 11.1 Å². The molecule has 1 unspecified atom stereocenters. The van der Waals surface area contributed by atoms with E-state index in [9.17, 15) is 4.79 Å². The van der Waals surface area contributed by atoms with Crippen molar-refractivity contribution in [1.82, 2.24) is 9.97 Å². The fourth-order valence-electron chi connectivity index (χ4n) is 1.52. The number of hydrogen-bond acceptors (Lipinski definition) is 4. The van der Waals surface area contributed by atoms with E-state index in [-0.39, 0.29) is 12.5 Å². The molecule has 0 saturated carbocycles. The zero-order valence-corrected chi connectivity index (χ0v) is 10.5. The smallest absolute Gasteiger partial charge is 0.245 e. The molecule has 1 heterocycles. The summed E-state index contributed by atoms with van der Waals surface area (Å²) in [5, 5.41) is 3.09. The predicted octanol–water partition coefficient (Wildman–Crippen LogP) is 1.13. The van der Waals surface area contributed by atoms with E-state index >= 15 is 0 Å². The first-order valence-corrected chi connectivity index (χ1v) is 5.69. The average molecular weight is 269 g/mol. The number of aromatic amines is 1. The first-order valence-electron chi connectivity index (χ1n) is 5.31. The van der Waals surface area contributed by atoms with Crippen molar-refractivity contribution < 1.29 is 9.53 Å². The molecule has 2 rings (SSSR count). The summed E-state index contributed by atoms with van der Waals surface area (Å²) in [5.74, 6) is -0.0540. The molecule has 4 N–H and O–H groups in total. The maximum Gasteiger partial charge on any atom is 0.245 e. The Morgan fingerprint density at radius 3 is 3.11 bits per heavy atom. The zero-order valence-electron chi connectivity index (χ0n) is 9.74. The summed E-state index contributed by atoms with van der Waals surface area (Å²) in [6, 6.07) is 4.61. The van der Waals surface area contributed by atoms with Gasteiger partial charge < -0.3 is 15.5 Å². The summed E-state index contributed by atoms with van der Waals surface area (Å²) in [7, 11) is 1.48. The Morgan fingerprint density at radius 2 is 2.44 bits per heavy atom. The van der Waals surface area contributed by atoms with Crippen molar-refractivity contribution >= 4 is 34.5 Å². The number of halogens is 1. The van der Waals surface area contributed by atoms with Crippen LogP contribution in [0.5, 0.6) is 0 Å². The number of para-hydroxylation sites is 1. The van der Waals surface area contributed by atoms with Gasteiger partial charge in [-0.3, -0.25) is 10.1 Å². The second-order valence-electron chi connectivity index (χ2n) is 3.77. The Balaban J connectivity index is 2.17. The number of nitrogens with two attached hydrogens (primary N) is 1. The highest BCUT2D eigenvalue weighted by Gasteiger charge is 2.15. The van der Waals surface area contributed by atoms with Gasteiger partial charge in [0.2, 0.25) is 11.9 Å². The van der Waals surface area contributed by atoms with E-state index in [1.807, 2.05) is 6.07 Å². The molecule has 18 heavy (non-hydrogen) atoms. The van der Waals surface area contributed by atoms with E-state index in [0.29, 0.717) is 16.5 Å². The van der Waals surface area contributed by atoms with Gasteiger partial charge in [0.15, 0.2) is 0 Å². The minimum Gasteiger partial charge on any atom is -0.383 e. The molecule has 0 aliphatic rings. The number of methoxy groups -OCH3 is 1. The number of benzene rings is 1. The third-order valence-corrected chi connectivity index (χ3v) is 2.69. The normalized spacial score (nSPS) is 12.6. The Labute approximate surface area is 108 Å². The number of ether oxygens (including phenoxy) is 1. The number of carbonyl (C=O) groups excluding carboxylic acids is 1. The molecule has 1 atom stereocenters. The molecule has 0 aliphatic heterocycles. The van der Waals surface area contributed by atoms with Crippen LogP contribution in [0.1, 0.15) is 0 Å². The number of hydrogen-bond donors (Lipinski definition) is 3. The Bertz CT molecular complexity index is 569.